The van der Waals surface area contributed by atoms with Crippen LogP contribution in [-0.4, -0.2) is 48.9 Å². The van der Waals surface area contributed by atoms with Crippen molar-refractivity contribution in [3.8, 4) is 5.75 Å². The van der Waals surface area contributed by atoms with Crippen LogP contribution in [0, 0.1) is 5.82 Å². The second kappa shape index (κ2) is 9.25. The number of hydrogen-bond acceptors (Lipinski definition) is 4. The Morgan fingerprint density at radius 3 is 2.77 bits per heavy atom. The molecular formula is C21H21BrFN3O4. The fourth-order valence-electron chi connectivity index (χ4n) is 3.18. The number of amides is 3. The van der Waals surface area contributed by atoms with Crippen molar-refractivity contribution >= 4 is 45.0 Å². The molecular weight excluding hydrogens is 457 g/mol. The van der Waals surface area contributed by atoms with Crippen LogP contribution in [0.3, 0.4) is 0 Å². The van der Waals surface area contributed by atoms with Gasteiger partial charge in [-0.1, -0.05) is 28.1 Å². The van der Waals surface area contributed by atoms with E-state index in [0.717, 1.165) is 0 Å². The SMILES string of the molecule is CC1CC(=O)Nc2ccccc2N1C(=O)CN(C)C(=O)COc1ccc(Br)cc1F. The zero-order valence-electron chi connectivity index (χ0n) is 16.5. The van der Waals surface area contributed by atoms with Crippen LogP contribution in [-0.2, 0) is 14.4 Å². The summed E-state index contributed by atoms with van der Waals surface area (Å²) in [6.07, 6.45) is 0.143. The summed E-state index contributed by atoms with van der Waals surface area (Å²) in [6.45, 7) is 1.16. The lowest BCUT2D eigenvalue weighted by Crippen LogP contribution is -2.46. The average Bonchev–Trinajstić information content (AvgIpc) is 2.81. The molecule has 1 aliphatic heterocycles. The second-order valence-corrected chi connectivity index (χ2v) is 7.91. The van der Waals surface area contributed by atoms with Gasteiger partial charge in [-0.05, 0) is 37.3 Å². The molecule has 30 heavy (non-hydrogen) atoms. The molecule has 0 aromatic heterocycles. The van der Waals surface area contributed by atoms with Gasteiger partial charge >= 0.3 is 0 Å². The van der Waals surface area contributed by atoms with E-state index in [0.29, 0.717) is 15.8 Å². The Morgan fingerprint density at radius 1 is 1.30 bits per heavy atom. The molecule has 0 saturated carbocycles. The Labute approximate surface area is 181 Å². The third-order valence-corrected chi connectivity index (χ3v) is 5.16. The lowest BCUT2D eigenvalue weighted by molar-refractivity contribution is -0.135. The fourth-order valence-corrected chi connectivity index (χ4v) is 3.51. The van der Waals surface area contributed by atoms with Crippen LogP contribution in [0.25, 0.3) is 0 Å². The molecule has 3 rings (SSSR count). The molecule has 0 aliphatic carbocycles. The van der Waals surface area contributed by atoms with Gasteiger partial charge in [0.1, 0.15) is 0 Å². The van der Waals surface area contributed by atoms with Crippen LogP contribution in [0.4, 0.5) is 15.8 Å². The number of likely N-dealkylation sites (N-methyl/N-ethyl adjacent to an activating group) is 1. The molecule has 3 amide bonds. The van der Waals surface area contributed by atoms with Crippen molar-refractivity contribution in [3.05, 3.63) is 52.8 Å². The normalized spacial score (nSPS) is 15.7. The first-order valence-corrected chi connectivity index (χ1v) is 10.1. The van der Waals surface area contributed by atoms with Gasteiger partial charge in [0.15, 0.2) is 18.2 Å². The van der Waals surface area contributed by atoms with Crippen LogP contribution in [0.2, 0.25) is 0 Å². The van der Waals surface area contributed by atoms with Gasteiger partial charge in [-0.15, -0.1) is 0 Å². The van der Waals surface area contributed by atoms with Crippen molar-refractivity contribution in [1.29, 1.82) is 0 Å². The molecule has 1 unspecified atom stereocenters. The van der Waals surface area contributed by atoms with Gasteiger partial charge in [0.2, 0.25) is 11.8 Å². The Morgan fingerprint density at radius 2 is 2.03 bits per heavy atom. The van der Waals surface area contributed by atoms with Gasteiger partial charge in [-0.25, -0.2) is 4.39 Å². The molecule has 0 radical (unpaired) electrons. The average molecular weight is 478 g/mol. The summed E-state index contributed by atoms with van der Waals surface area (Å²) >= 11 is 3.15. The molecule has 1 aliphatic rings. The molecule has 2 aromatic rings. The monoisotopic (exact) mass is 477 g/mol. The number of para-hydroxylation sites is 2. The number of carbonyl (C=O) groups is 3. The molecule has 0 fully saturated rings. The molecule has 9 heteroatoms. The molecule has 0 bridgehead atoms. The van der Waals surface area contributed by atoms with E-state index in [1.165, 1.54) is 29.0 Å². The first kappa shape index (κ1) is 21.8. The number of hydrogen-bond donors (Lipinski definition) is 1. The highest BCUT2D eigenvalue weighted by Gasteiger charge is 2.30. The Balaban J connectivity index is 1.67. The van der Waals surface area contributed by atoms with Gasteiger partial charge in [0.05, 0.1) is 17.9 Å². The zero-order chi connectivity index (χ0) is 21.8. The zero-order valence-corrected chi connectivity index (χ0v) is 18.1. The summed E-state index contributed by atoms with van der Waals surface area (Å²) in [6, 6.07) is 10.9. The summed E-state index contributed by atoms with van der Waals surface area (Å²) in [5.74, 6) is -1.64. The van der Waals surface area contributed by atoms with Gasteiger partial charge in [0.25, 0.3) is 5.91 Å². The topological polar surface area (TPSA) is 79.0 Å². The number of rotatable bonds is 5. The Bertz CT molecular complexity index is 984. The minimum Gasteiger partial charge on any atom is -0.481 e. The fraction of sp³-hybridized carbons (Fsp3) is 0.286. The Hall–Kier alpha value is -2.94. The van der Waals surface area contributed by atoms with E-state index in [1.807, 2.05) is 0 Å². The third kappa shape index (κ3) is 4.96. The molecule has 2 aromatic carbocycles. The molecule has 1 atom stereocenters. The molecule has 0 saturated heterocycles. The molecule has 1 heterocycles. The minimum absolute atomic E-state index is 0.0501. The number of benzene rings is 2. The third-order valence-electron chi connectivity index (χ3n) is 4.67. The van der Waals surface area contributed by atoms with Gasteiger partial charge in [-0.2, -0.15) is 0 Å². The van der Waals surface area contributed by atoms with Crippen molar-refractivity contribution in [3.63, 3.8) is 0 Å². The number of halogens is 2. The summed E-state index contributed by atoms with van der Waals surface area (Å²) in [4.78, 5) is 40.2. The number of ether oxygens (including phenoxy) is 1. The van der Waals surface area contributed by atoms with Crippen molar-refractivity contribution < 1.29 is 23.5 Å². The quantitative estimate of drug-likeness (QED) is 0.716. The van der Waals surface area contributed by atoms with Crippen LogP contribution in [0.5, 0.6) is 5.75 Å². The molecule has 0 spiro atoms. The van der Waals surface area contributed by atoms with E-state index in [-0.39, 0.29) is 36.6 Å². The molecule has 158 valence electrons. The smallest absolute Gasteiger partial charge is 0.260 e. The van der Waals surface area contributed by atoms with Crippen LogP contribution in [0.15, 0.2) is 46.9 Å². The molecule has 7 nitrogen and oxygen atoms in total. The lowest BCUT2D eigenvalue weighted by Gasteiger charge is -2.29. The second-order valence-electron chi connectivity index (χ2n) is 7.00. The van der Waals surface area contributed by atoms with E-state index >= 15 is 0 Å². The van der Waals surface area contributed by atoms with Crippen molar-refractivity contribution in [2.75, 3.05) is 30.4 Å². The van der Waals surface area contributed by atoms with Gasteiger partial charge in [-0.3, -0.25) is 14.4 Å². The van der Waals surface area contributed by atoms with Crippen molar-refractivity contribution in [2.24, 2.45) is 0 Å². The summed E-state index contributed by atoms with van der Waals surface area (Å²) < 4.78 is 19.6. The maximum absolute atomic E-state index is 13.8. The predicted octanol–water partition coefficient (Wildman–Crippen LogP) is 3.19. The number of nitrogens with zero attached hydrogens (tertiary/aromatic N) is 2. The number of nitrogens with one attached hydrogen (secondary N) is 1. The highest BCUT2D eigenvalue weighted by atomic mass is 79.9. The largest absolute Gasteiger partial charge is 0.481 e. The lowest BCUT2D eigenvalue weighted by atomic mass is 10.1. The summed E-state index contributed by atoms with van der Waals surface area (Å²) in [7, 11) is 1.47. The van der Waals surface area contributed by atoms with E-state index < -0.39 is 18.3 Å². The van der Waals surface area contributed by atoms with Gasteiger partial charge in [0, 0.05) is 24.0 Å². The highest BCUT2D eigenvalue weighted by Crippen LogP contribution is 2.31. The van der Waals surface area contributed by atoms with Crippen molar-refractivity contribution in [2.45, 2.75) is 19.4 Å². The first-order chi connectivity index (χ1) is 14.3. The molecule has 1 N–H and O–H groups in total. The summed E-state index contributed by atoms with van der Waals surface area (Å²) in [5.41, 5.74) is 1.12. The highest BCUT2D eigenvalue weighted by molar-refractivity contribution is 9.10. The Kier molecular flexibility index (Phi) is 6.71. The maximum atomic E-state index is 13.8. The maximum Gasteiger partial charge on any atom is 0.260 e. The first-order valence-electron chi connectivity index (χ1n) is 9.29. The minimum atomic E-state index is -0.594. The van der Waals surface area contributed by atoms with Crippen LogP contribution in [0.1, 0.15) is 13.3 Å². The summed E-state index contributed by atoms with van der Waals surface area (Å²) in [5, 5.41) is 2.79. The predicted molar refractivity (Wildman–Crippen MR) is 114 cm³/mol. The standard InChI is InChI=1S/C21H21BrFN3O4/c1-13-9-19(27)24-16-5-3-4-6-17(16)26(13)20(28)11-25(2)21(29)12-30-18-8-7-14(22)10-15(18)23/h3-8,10,13H,9,11-12H2,1-2H3,(H,24,27). The number of carbonyl (C=O) groups excluding carboxylic acids is 3. The van der Waals surface area contributed by atoms with Crippen LogP contribution < -0.4 is 15.0 Å². The van der Waals surface area contributed by atoms with Gasteiger partial charge < -0.3 is 19.9 Å². The van der Waals surface area contributed by atoms with E-state index in [4.69, 9.17) is 4.74 Å². The number of anilines is 2. The number of fused-ring (bicyclic) bond motifs is 1. The van der Waals surface area contributed by atoms with E-state index in [9.17, 15) is 18.8 Å². The van der Waals surface area contributed by atoms with E-state index in [1.54, 1.807) is 37.3 Å². The van der Waals surface area contributed by atoms with Crippen LogP contribution >= 0.6 is 15.9 Å². The van der Waals surface area contributed by atoms with Crippen molar-refractivity contribution in [1.82, 2.24) is 4.90 Å². The van der Waals surface area contributed by atoms with E-state index in [2.05, 4.69) is 21.2 Å².